The zero-order valence-corrected chi connectivity index (χ0v) is 25.4. The summed E-state index contributed by atoms with van der Waals surface area (Å²) in [5.74, 6) is -0.719. The molecule has 3 aromatic rings. The molecule has 0 spiro atoms. The fraction of sp³-hybridized carbons (Fsp3) is 0.375. The standard InChI is InChI=1S/C32H38ClN3O4S/c1-23-13-19-30(20-14-23)41(39,40)36(29-17-15-27(33)16-18-29)22-31(37)35(21-26-10-8-7-9-24(26)2)25(3)32(38)34-28-11-5-4-6-12-28/h7-10,13-20,25,28H,4-6,11-12,21-22H2,1-3H3,(H,34,38)/t25-/m1/s1. The minimum Gasteiger partial charge on any atom is -0.352 e. The molecule has 1 atom stereocenters. The second-order valence-electron chi connectivity index (χ2n) is 10.8. The predicted molar refractivity (Wildman–Crippen MR) is 163 cm³/mol. The first-order valence-electron chi connectivity index (χ1n) is 14.1. The van der Waals surface area contributed by atoms with Crippen LogP contribution < -0.4 is 9.62 Å². The number of nitrogens with zero attached hydrogens (tertiary/aromatic N) is 2. The molecule has 0 radical (unpaired) electrons. The Labute approximate surface area is 248 Å². The molecule has 1 fully saturated rings. The first-order valence-corrected chi connectivity index (χ1v) is 15.9. The summed E-state index contributed by atoms with van der Waals surface area (Å²) in [5.41, 5.74) is 3.09. The van der Waals surface area contributed by atoms with Crippen LogP contribution in [-0.4, -0.2) is 43.8 Å². The van der Waals surface area contributed by atoms with Crippen LogP contribution in [0.15, 0.2) is 77.7 Å². The lowest BCUT2D eigenvalue weighted by Crippen LogP contribution is -2.53. The maximum absolute atomic E-state index is 14.1. The zero-order chi connectivity index (χ0) is 29.6. The third-order valence-corrected chi connectivity index (χ3v) is 9.76. The van der Waals surface area contributed by atoms with Crippen molar-refractivity contribution in [3.63, 3.8) is 0 Å². The molecular weight excluding hydrogens is 558 g/mol. The van der Waals surface area contributed by atoms with Gasteiger partial charge >= 0.3 is 0 Å². The highest BCUT2D eigenvalue weighted by molar-refractivity contribution is 7.92. The van der Waals surface area contributed by atoms with Crippen LogP contribution in [-0.2, 0) is 26.2 Å². The summed E-state index contributed by atoms with van der Waals surface area (Å²) in [6, 6.07) is 19.8. The van der Waals surface area contributed by atoms with Crippen LogP contribution in [0.3, 0.4) is 0 Å². The van der Waals surface area contributed by atoms with Gasteiger partial charge in [-0.05, 0) is 81.1 Å². The number of carbonyl (C=O) groups excluding carboxylic acids is 2. The Morgan fingerprint density at radius 1 is 0.927 bits per heavy atom. The molecule has 0 saturated heterocycles. The number of hydrogen-bond donors (Lipinski definition) is 1. The van der Waals surface area contributed by atoms with Crippen molar-refractivity contribution in [1.29, 1.82) is 0 Å². The molecule has 0 unspecified atom stereocenters. The average Bonchev–Trinajstić information content (AvgIpc) is 2.96. The number of nitrogens with one attached hydrogen (secondary N) is 1. The minimum atomic E-state index is -4.12. The fourth-order valence-corrected chi connectivity index (χ4v) is 6.64. The Balaban J connectivity index is 1.68. The summed E-state index contributed by atoms with van der Waals surface area (Å²) < 4.78 is 28.9. The topological polar surface area (TPSA) is 86.8 Å². The van der Waals surface area contributed by atoms with Crippen molar-refractivity contribution < 1.29 is 18.0 Å². The van der Waals surface area contributed by atoms with E-state index in [4.69, 9.17) is 11.6 Å². The van der Waals surface area contributed by atoms with E-state index in [0.717, 1.165) is 53.1 Å². The molecule has 1 aliphatic carbocycles. The molecule has 1 aliphatic rings. The third kappa shape index (κ3) is 7.68. The normalized spacial score (nSPS) is 14.7. The van der Waals surface area contributed by atoms with Crippen LogP contribution in [0, 0.1) is 13.8 Å². The maximum Gasteiger partial charge on any atom is 0.264 e. The number of carbonyl (C=O) groups is 2. The molecule has 0 bridgehead atoms. The summed E-state index contributed by atoms with van der Waals surface area (Å²) in [5, 5.41) is 3.57. The van der Waals surface area contributed by atoms with Crippen molar-refractivity contribution in [3.8, 4) is 0 Å². The highest BCUT2D eigenvalue weighted by Gasteiger charge is 2.33. The molecule has 218 valence electrons. The van der Waals surface area contributed by atoms with Crippen LogP contribution in [0.1, 0.15) is 55.7 Å². The average molecular weight is 596 g/mol. The first-order chi connectivity index (χ1) is 19.6. The Kier molecular flexibility index (Phi) is 10.1. The summed E-state index contributed by atoms with van der Waals surface area (Å²) in [6.07, 6.45) is 5.14. The molecule has 1 saturated carbocycles. The number of sulfonamides is 1. The lowest BCUT2D eigenvalue weighted by molar-refractivity contribution is -0.139. The second kappa shape index (κ2) is 13.5. The van der Waals surface area contributed by atoms with Crippen LogP contribution in [0.2, 0.25) is 5.02 Å². The number of aryl methyl sites for hydroxylation is 2. The number of benzene rings is 3. The van der Waals surface area contributed by atoms with E-state index in [-0.39, 0.29) is 23.4 Å². The van der Waals surface area contributed by atoms with E-state index in [1.54, 1.807) is 43.3 Å². The van der Waals surface area contributed by atoms with Gasteiger partial charge in [0.2, 0.25) is 11.8 Å². The van der Waals surface area contributed by atoms with Crippen molar-refractivity contribution in [3.05, 3.63) is 94.5 Å². The van der Waals surface area contributed by atoms with Crippen LogP contribution in [0.25, 0.3) is 0 Å². The first kappa shape index (κ1) is 30.6. The summed E-state index contributed by atoms with van der Waals surface area (Å²) in [7, 11) is -4.12. The van der Waals surface area contributed by atoms with Gasteiger partial charge in [0.1, 0.15) is 12.6 Å². The molecular formula is C32H38ClN3O4S. The van der Waals surface area contributed by atoms with Gasteiger partial charge in [-0.2, -0.15) is 0 Å². The predicted octanol–water partition coefficient (Wildman–Crippen LogP) is 6.02. The highest BCUT2D eigenvalue weighted by Crippen LogP contribution is 2.26. The van der Waals surface area contributed by atoms with Crippen molar-refractivity contribution >= 4 is 39.1 Å². The summed E-state index contributed by atoms with van der Waals surface area (Å²) in [6.45, 7) is 5.22. The minimum absolute atomic E-state index is 0.0689. The molecule has 4 rings (SSSR count). The lowest BCUT2D eigenvalue weighted by atomic mass is 9.95. The molecule has 1 N–H and O–H groups in total. The van der Waals surface area contributed by atoms with Gasteiger partial charge in [-0.15, -0.1) is 0 Å². The van der Waals surface area contributed by atoms with Gasteiger partial charge in [0, 0.05) is 17.6 Å². The van der Waals surface area contributed by atoms with Gasteiger partial charge in [-0.25, -0.2) is 8.42 Å². The quantitative estimate of drug-likeness (QED) is 0.311. The van der Waals surface area contributed by atoms with Gasteiger partial charge in [-0.1, -0.05) is 72.8 Å². The Hall–Kier alpha value is -3.36. The SMILES string of the molecule is Cc1ccc(S(=O)(=O)N(CC(=O)N(Cc2ccccc2C)[C@H](C)C(=O)NC2CCCCC2)c2ccc(Cl)cc2)cc1. The molecule has 0 heterocycles. The van der Waals surface area contributed by atoms with E-state index >= 15 is 0 Å². The number of amides is 2. The fourth-order valence-electron chi connectivity index (χ4n) is 5.10. The molecule has 3 aromatic carbocycles. The number of anilines is 1. The highest BCUT2D eigenvalue weighted by atomic mass is 35.5. The van der Waals surface area contributed by atoms with Gasteiger partial charge < -0.3 is 10.2 Å². The molecule has 7 nitrogen and oxygen atoms in total. The number of hydrogen-bond acceptors (Lipinski definition) is 4. The zero-order valence-electron chi connectivity index (χ0n) is 23.8. The van der Waals surface area contributed by atoms with Crippen molar-refractivity contribution in [2.75, 3.05) is 10.8 Å². The van der Waals surface area contributed by atoms with Gasteiger partial charge in [0.05, 0.1) is 10.6 Å². The Bertz CT molecular complexity index is 1450. The number of halogens is 1. The molecule has 2 amide bonds. The summed E-state index contributed by atoms with van der Waals surface area (Å²) >= 11 is 6.10. The maximum atomic E-state index is 14.1. The van der Waals surface area contributed by atoms with Gasteiger partial charge in [0.25, 0.3) is 10.0 Å². The van der Waals surface area contributed by atoms with E-state index in [0.29, 0.717) is 10.7 Å². The lowest BCUT2D eigenvalue weighted by Gasteiger charge is -2.33. The van der Waals surface area contributed by atoms with E-state index in [2.05, 4.69) is 5.32 Å². The van der Waals surface area contributed by atoms with E-state index < -0.39 is 28.5 Å². The van der Waals surface area contributed by atoms with Gasteiger partial charge in [-0.3, -0.25) is 13.9 Å². The molecule has 0 aromatic heterocycles. The summed E-state index contributed by atoms with van der Waals surface area (Å²) in [4.78, 5) is 29.1. The van der Waals surface area contributed by atoms with Gasteiger partial charge in [0.15, 0.2) is 0 Å². The molecule has 0 aliphatic heterocycles. The smallest absolute Gasteiger partial charge is 0.264 e. The monoisotopic (exact) mass is 595 g/mol. The third-order valence-electron chi connectivity index (χ3n) is 7.72. The van der Waals surface area contributed by atoms with Crippen molar-refractivity contribution in [2.24, 2.45) is 0 Å². The van der Waals surface area contributed by atoms with E-state index in [1.807, 2.05) is 38.1 Å². The van der Waals surface area contributed by atoms with Crippen molar-refractivity contribution in [2.45, 2.75) is 76.4 Å². The number of rotatable bonds is 10. The van der Waals surface area contributed by atoms with Crippen LogP contribution in [0.4, 0.5) is 5.69 Å². The van der Waals surface area contributed by atoms with E-state index in [1.165, 1.54) is 17.0 Å². The van der Waals surface area contributed by atoms with Crippen LogP contribution >= 0.6 is 11.6 Å². The second-order valence-corrected chi connectivity index (χ2v) is 13.1. The molecule has 9 heteroatoms. The largest absolute Gasteiger partial charge is 0.352 e. The Morgan fingerprint density at radius 2 is 1.56 bits per heavy atom. The van der Waals surface area contributed by atoms with Crippen molar-refractivity contribution in [1.82, 2.24) is 10.2 Å². The van der Waals surface area contributed by atoms with Crippen LogP contribution in [0.5, 0.6) is 0 Å². The molecule has 41 heavy (non-hydrogen) atoms. The Morgan fingerprint density at radius 3 is 2.20 bits per heavy atom. The van der Waals surface area contributed by atoms with E-state index in [9.17, 15) is 18.0 Å².